The SMILES string of the molecule is C=C(c1cccc(OC(C)(C)COC(C)=O)c1)C1COC(c2cccc3ccccc23)OO1. The van der Waals surface area contributed by atoms with Crippen molar-refractivity contribution >= 4 is 22.3 Å². The molecule has 3 aromatic carbocycles. The summed E-state index contributed by atoms with van der Waals surface area (Å²) < 4.78 is 17.1. The lowest BCUT2D eigenvalue weighted by atomic mass is 10.0. The number of ether oxygens (including phenoxy) is 3. The van der Waals surface area contributed by atoms with Gasteiger partial charge in [0, 0.05) is 12.5 Å². The van der Waals surface area contributed by atoms with Crippen LogP contribution in [-0.4, -0.2) is 30.9 Å². The van der Waals surface area contributed by atoms with Crippen LogP contribution in [0.25, 0.3) is 16.3 Å². The molecule has 33 heavy (non-hydrogen) atoms. The van der Waals surface area contributed by atoms with Gasteiger partial charge in [0.1, 0.15) is 24.1 Å². The highest BCUT2D eigenvalue weighted by Crippen LogP contribution is 2.34. The van der Waals surface area contributed by atoms with E-state index in [0.717, 1.165) is 27.5 Å². The maximum atomic E-state index is 11.1. The molecule has 0 radical (unpaired) electrons. The summed E-state index contributed by atoms with van der Waals surface area (Å²) in [4.78, 5) is 22.4. The lowest BCUT2D eigenvalue weighted by Gasteiger charge is -2.30. The van der Waals surface area contributed by atoms with E-state index in [1.165, 1.54) is 6.92 Å². The van der Waals surface area contributed by atoms with Crippen LogP contribution < -0.4 is 4.74 Å². The fraction of sp³-hybridized carbons (Fsp3) is 0.296. The van der Waals surface area contributed by atoms with Crippen LogP contribution >= 0.6 is 0 Å². The first kappa shape index (κ1) is 23.0. The number of rotatable bonds is 7. The first-order chi connectivity index (χ1) is 15.8. The van der Waals surface area contributed by atoms with Crippen molar-refractivity contribution in [1.29, 1.82) is 0 Å². The molecule has 0 N–H and O–H groups in total. The van der Waals surface area contributed by atoms with Crippen molar-refractivity contribution in [2.45, 2.75) is 38.8 Å². The van der Waals surface area contributed by atoms with Gasteiger partial charge in [-0.15, -0.1) is 0 Å². The van der Waals surface area contributed by atoms with Crippen LogP contribution in [0.4, 0.5) is 0 Å². The van der Waals surface area contributed by atoms with Gasteiger partial charge < -0.3 is 14.2 Å². The third-order valence-electron chi connectivity index (χ3n) is 5.35. The molecule has 2 atom stereocenters. The van der Waals surface area contributed by atoms with Crippen molar-refractivity contribution in [2.24, 2.45) is 0 Å². The van der Waals surface area contributed by atoms with Crippen molar-refractivity contribution in [2.75, 3.05) is 13.2 Å². The summed E-state index contributed by atoms with van der Waals surface area (Å²) in [7, 11) is 0. The minimum absolute atomic E-state index is 0.149. The van der Waals surface area contributed by atoms with Crippen LogP contribution in [0.2, 0.25) is 0 Å². The molecule has 1 heterocycles. The Kier molecular flexibility index (Phi) is 6.79. The predicted molar refractivity (Wildman–Crippen MR) is 125 cm³/mol. The molecule has 0 spiro atoms. The Morgan fingerprint density at radius 2 is 1.82 bits per heavy atom. The molecule has 0 amide bonds. The highest BCUT2D eigenvalue weighted by atomic mass is 17.2. The molecule has 0 bridgehead atoms. The Morgan fingerprint density at radius 3 is 2.58 bits per heavy atom. The van der Waals surface area contributed by atoms with Crippen LogP contribution in [0.5, 0.6) is 5.75 Å². The Hall–Kier alpha value is -3.19. The summed E-state index contributed by atoms with van der Waals surface area (Å²) in [6.07, 6.45) is -1.07. The van der Waals surface area contributed by atoms with Crippen LogP contribution in [0, 0.1) is 0 Å². The van der Waals surface area contributed by atoms with Gasteiger partial charge in [0.05, 0.1) is 6.61 Å². The molecular weight excluding hydrogens is 420 g/mol. The molecule has 1 aliphatic heterocycles. The lowest BCUT2D eigenvalue weighted by molar-refractivity contribution is -0.435. The number of fused-ring (bicyclic) bond motifs is 1. The van der Waals surface area contributed by atoms with Crippen molar-refractivity contribution < 1.29 is 28.8 Å². The van der Waals surface area contributed by atoms with Gasteiger partial charge in [-0.1, -0.05) is 61.2 Å². The largest absolute Gasteiger partial charge is 0.484 e. The minimum atomic E-state index is -0.676. The Bertz CT molecular complexity index is 1140. The summed E-state index contributed by atoms with van der Waals surface area (Å²) in [5.74, 6) is 0.294. The molecule has 1 saturated heterocycles. The normalized spacial score (nSPS) is 18.6. The highest BCUT2D eigenvalue weighted by molar-refractivity contribution is 5.85. The molecule has 1 aliphatic rings. The Labute approximate surface area is 193 Å². The zero-order valence-corrected chi connectivity index (χ0v) is 19.1. The van der Waals surface area contributed by atoms with Crippen molar-refractivity contribution in [3.05, 3.63) is 84.4 Å². The zero-order valence-electron chi connectivity index (χ0n) is 19.1. The van der Waals surface area contributed by atoms with E-state index in [9.17, 15) is 4.79 Å². The van der Waals surface area contributed by atoms with Crippen LogP contribution in [-0.2, 0) is 24.0 Å². The zero-order chi connectivity index (χ0) is 23.4. The van der Waals surface area contributed by atoms with E-state index >= 15 is 0 Å². The number of esters is 1. The average molecular weight is 449 g/mol. The molecule has 3 aromatic rings. The molecule has 6 nitrogen and oxygen atoms in total. The van der Waals surface area contributed by atoms with Crippen molar-refractivity contribution in [3.8, 4) is 5.75 Å². The van der Waals surface area contributed by atoms with E-state index in [0.29, 0.717) is 12.4 Å². The molecule has 172 valence electrons. The second kappa shape index (κ2) is 9.75. The van der Waals surface area contributed by atoms with Crippen molar-refractivity contribution in [1.82, 2.24) is 0 Å². The fourth-order valence-corrected chi connectivity index (χ4v) is 3.67. The van der Waals surface area contributed by atoms with Gasteiger partial charge in [0.25, 0.3) is 0 Å². The lowest BCUT2D eigenvalue weighted by Crippen LogP contribution is -2.35. The number of benzene rings is 3. The van der Waals surface area contributed by atoms with E-state index < -0.39 is 18.0 Å². The second-order valence-corrected chi connectivity index (χ2v) is 8.61. The quantitative estimate of drug-likeness (QED) is 0.345. The topological polar surface area (TPSA) is 63.2 Å². The molecular formula is C27H28O6. The van der Waals surface area contributed by atoms with E-state index in [4.69, 9.17) is 24.0 Å². The van der Waals surface area contributed by atoms with Gasteiger partial charge in [-0.3, -0.25) is 4.79 Å². The van der Waals surface area contributed by atoms with Gasteiger partial charge in [-0.05, 0) is 47.9 Å². The maximum absolute atomic E-state index is 11.1. The molecule has 0 saturated carbocycles. The van der Waals surface area contributed by atoms with Gasteiger partial charge in [-0.2, -0.15) is 4.89 Å². The van der Waals surface area contributed by atoms with Gasteiger partial charge in [0.2, 0.25) is 6.29 Å². The van der Waals surface area contributed by atoms with E-state index in [1.54, 1.807) is 0 Å². The monoisotopic (exact) mass is 448 g/mol. The molecule has 6 heteroatoms. The van der Waals surface area contributed by atoms with Gasteiger partial charge in [0.15, 0.2) is 0 Å². The molecule has 2 unspecified atom stereocenters. The maximum Gasteiger partial charge on any atom is 0.302 e. The summed E-state index contributed by atoms with van der Waals surface area (Å²) in [6, 6.07) is 21.6. The van der Waals surface area contributed by atoms with Crippen LogP contribution in [0.15, 0.2) is 73.3 Å². The van der Waals surface area contributed by atoms with E-state index in [1.807, 2.05) is 68.4 Å². The number of carbonyl (C=O) groups excluding carboxylic acids is 1. The summed E-state index contributed by atoms with van der Waals surface area (Å²) in [5, 5.41) is 2.18. The molecule has 1 fully saturated rings. The number of carbonyl (C=O) groups is 1. The second-order valence-electron chi connectivity index (χ2n) is 8.61. The van der Waals surface area contributed by atoms with Gasteiger partial charge >= 0.3 is 5.97 Å². The fourth-order valence-electron chi connectivity index (χ4n) is 3.67. The third-order valence-corrected chi connectivity index (χ3v) is 5.35. The van der Waals surface area contributed by atoms with Crippen molar-refractivity contribution in [3.63, 3.8) is 0 Å². The molecule has 0 aliphatic carbocycles. The molecule has 4 rings (SSSR count). The summed E-state index contributed by atoms with van der Waals surface area (Å²) in [6.45, 7) is 9.72. The smallest absolute Gasteiger partial charge is 0.302 e. The molecule has 0 aromatic heterocycles. The Balaban J connectivity index is 1.41. The first-order valence-corrected chi connectivity index (χ1v) is 10.9. The summed E-state index contributed by atoms with van der Waals surface area (Å²) >= 11 is 0. The third kappa shape index (κ3) is 5.60. The number of hydrogen-bond donors (Lipinski definition) is 0. The standard InChI is InChI=1S/C27H28O6/c1-18(21-11-7-12-22(15-21)31-27(3,4)17-30-19(2)28)25-16-29-26(33-32-25)24-14-8-10-20-9-5-6-13-23(20)24/h5-15,25-26H,1,16-17H2,2-4H3. The summed E-state index contributed by atoms with van der Waals surface area (Å²) in [5.41, 5.74) is 1.80. The van der Waals surface area contributed by atoms with Crippen LogP contribution in [0.3, 0.4) is 0 Å². The highest BCUT2D eigenvalue weighted by Gasteiger charge is 2.29. The predicted octanol–water partition coefficient (Wildman–Crippen LogP) is 5.62. The minimum Gasteiger partial charge on any atom is -0.484 e. The Morgan fingerprint density at radius 1 is 1.06 bits per heavy atom. The van der Waals surface area contributed by atoms with Crippen LogP contribution in [0.1, 0.15) is 38.2 Å². The van der Waals surface area contributed by atoms with E-state index in [-0.39, 0.29) is 12.6 Å². The van der Waals surface area contributed by atoms with Gasteiger partial charge in [-0.25, -0.2) is 4.89 Å². The van der Waals surface area contributed by atoms with E-state index in [2.05, 4.69) is 18.7 Å². The first-order valence-electron chi connectivity index (χ1n) is 10.9. The average Bonchev–Trinajstić information content (AvgIpc) is 2.82. The number of hydrogen-bond acceptors (Lipinski definition) is 6.